The molecule has 0 saturated heterocycles. The van der Waals surface area contributed by atoms with Crippen LogP contribution in [0.15, 0.2) is 52.9 Å². The average Bonchev–Trinajstić information content (AvgIpc) is 2.93. The lowest BCUT2D eigenvalue weighted by Gasteiger charge is -2.06. The second kappa shape index (κ2) is 5.38. The Morgan fingerprint density at radius 3 is 2.71 bits per heavy atom. The Bertz CT molecular complexity index is 778. The maximum Gasteiger partial charge on any atom is 0.238 e. The molecule has 0 aliphatic carbocycles. The van der Waals surface area contributed by atoms with E-state index >= 15 is 0 Å². The van der Waals surface area contributed by atoms with Crippen LogP contribution in [0.3, 0.4) is 0 Å². The first kappa shape index (κ1) is 13.3. The third-order valence-electron chi connectivity index (χ3n) is 3.14. The van der Waals surface area contributed by atoms with Crippen molar-refractivity contribution in [2.24, 2.45) is 5.73 Å². The maximum atomic E-state index is 14.0. The van der Waals surface area contributed by atoms with Crippen molar-refractivity contribution in [1.29, 1.82) is 0 Å². The maximum absolute atomic E-state index is 14.0. The molecule has 3 rings (SSSR count). The molecule has 0 aliphatic heterocycles. The lowest BCUT2D eigenvalue weighted by Crippen LogP contribution is -2.22. The molecule has 0 spiro atoms. The van der Waals surface area contributed by atoms with Gasteiger partial charge < -0.3 is 15.5 Å². The summed E-state index contributed by atoms with van der Waals surface area (Å²) in [7, 11) is 0. The van der Waals surface area contributed by atoms with Gasteiger partial charge in [0.1, 0.15) is 17.2 Å². The van der Waals surface area contributed by atoms with Gasteiger partial charge in [-0.15, -0.1) is 0 Å². The van der Waals surface area contributed by atoms with Gasteiger partial charge in [0.25, 0.3) is 0 Å². The van der Waals surface area contributed by atoms with Crippen LogP contribution in [0.1, 0.15) is 0 Å². The largest absolute Gasteiger partial charge is 0.456 e. The van der Waals surface area contributed by atoms with E-state index in [4.69, 9.17) is 10.2 Å². The molecular formula is C16H13FN2O2. The smallest absolute Gasteiger partial charge is 0.238 e. The third kappa shape index (κ3) is 2.64. The van der Waals surface area contributed by atoms with Crippen LogP contribution in [0.5, 0.6) is 0 Å². The summed E-state index contributed by atoms with van der Waals surface area (Å²) in [5.41, 5.74) is 6.64. The summed E-state index contributed by atoms with van der Waals surface area (Å²) in [5, 5.41) is 3.35. The molecule has 21 heavy (non-hydrogen) atoms. The number of hydrogen-bond acceptors (Lipinski definition) is 3. The number of carbonyl (C=O) groups is 1. The summed E-state index contributed by atoms with van der Waals surface area (Å²) in [6.45, 7) is -0.190. The highest BCUT2D eigenvalue weighted by molar-refractivity contribution is 5.92. The molecule has 1 heterocycles. The second-order valence-corrected chi connectivity index (χ2v) is 4.60. The number of carbonyl (C=O) groups excluding carboxylic acids is 1. The number of nitrogens with two attached hydrogens (primary N) is 1. The van der Waals surface area contributed by atoms with E-state index < -0.39 is 11.7 Å². The van der Waals surface area contributed by atoms with Crippen LogP contribution in [-0.2, 0) is 4.79 Å². The number of fused-ring (bicyclic) bond motifs is 1. The van der Waals surface area contributed by atoms with E-state index in [9.17, 15) is 9.18 Å². The molecule has 0 radical (unpaired) electrons. The van der Waals surface area contributed by atoms with Gasteiger partial charge in [-0.2, -0.15) is 0 Å². The van der Waals surface area contributed by atoms with Crippen LogP contribution in [0.25, 0.3) is 22.3 Å². The summed E-state index contributed by atoms with van der Waals surface area (Å²) in [4.78, 5) is 11.2. The summed E-state index contributed by atoms with van der Waals surface area (Å²) in [6.07, 6.45) is 0. The Kier molecular flexibility index (Phi) is 3.41. The first-order chi connectivity index (χ1) is 10.2. The van der Waals surface area contributed by atoms with Crippen LogP contribution < -0.4 is 11.1 Å². The van der Waals surface area contributed by atoms with Crippen molar-refractivity contribution in [3.63, 3.8) is 0 Å². The molecule has 1 amide bonds. The molecular weight excluding hydrogens is 271 g/mol. The van der Waals surface area contributed by atoms with Crippen molar-refractivity contribution < 1.29 is 13.6 Å². The van der Waals surface area contributed by atoms with Gasteiger partial charge in [0.05, 0.1) is 12.2 Å². The number of hydrogen-bond donors (Lipinski definition) is 2. The van der Waals surface area contributed by atoms with Gasteiger partial charge in [-0.1, -0.05) is 18.2 Å². The number of amides is 1. The minimum Gasteiger partial charge on any atom is -0.456 e. The molecule has 0 saturated carbocycles. The van der Waals surface area contributed by atoms with Crippen LogP contribution in [0, 0.1) is 5.82 Å². The fourth-order valence-electron chi connectivity index (χ4n) is 2.10. The lowest BCUT2D eigenvalue weighted by molar-refractivity contribution is -0.114. The second-order valence-electron chi connectivity index (χ2n) is 4.60. The number of anilines is 1. The van der Waals surface area contributed by atoms with Gasteiger partial charge in [-0.25, -0.2) is 4.39 Å². The van der Waals surface area contributed by atoms with Crippen molar-refractivity contribution >= 4 is 22.6 Å². The molecule has 3 N–H and O–H groups in total. The predicted molar refractivity (Wildman–Crippen MR) is 79.3 cm³/mol. The first-order valence-electron chi connectivity index (χ1n) is 6.46. The molecule has 4 nitrogen and oxygen atoms in total. The van der Waals surface area contributed by atoms with Crippen LogP contribution >= 0.6 is 0 Å². The Morgan fingerprint density at radius 2 is 2.00 bits per heavy atom. The normalized spacial score (nSPS) is 10.8. The SMILES string of the molecule is NCC(=O)Nc1ccc(-c2cc3ccccc3o2)cc1F. The zero-order valence-corrected chi connectivity index (χ0v) is 11.1. The lowest BCUT2D eigenvalue weighted by atomic mass is 10.1. The van der Waals surface area contributed by atoms with Gasteiger partial charge in [-0.3, -0.25) is 4.79 Å². The minimum absolute atomic E-state index is 0.102. The van der Waals surface area contributed by atoms with E-state index in [0.29, 0.717) is 11.3 Å². The quantitative estimate of drug-likeness (QED) is 0.776. The van der Waals surface area contributed by atoms with Crippen molar-refractivity contribution in [3.8, 4) is 11.3 Å². The van der Waals surface area contributed by atoms with Gasteiger partial charge in [0, 0.05) is 10.9 Å². The van der Waals surface area contributed by atoms with Crippen LogP contribution in [0.4, 0.5) is 10.1 Å². The van der Waals surface area contributed by atoms with E-state index in [2.05, 4.69) is 5.32 Å². The average molecular weight is 284 g/mol. The van der Waals surface area contributed by atoms with Gasteiger partial charge in [0.15, 0.2) is 0 Å². The summed E-state index contributed by atoms with van der Waals surface area (Å²) >= 11 is 0. The number of benzene rings is 2. The molecule has 3 aromatic rings. The van der Waals surface area contributed by atoms with E-state index in [1.807, 2.05) is 30.3 Å². The Balaban J connectivity index is 1.96. The summed E-state index contributed by atoms with van der Waals surface area (Å²) in [6, 6.07) is 13.9. The molecule has 106 valence electrons. The van der Waals surface area contributed by atoms with Crippen molar-refractivity contribution in [3.05, 3.63) is 54.3 Å². The fraction of sp³-hybridized carbons (Fsp3) is 0.0625. The van der Waals surface area contributed by atoms with E-state index in [1.54, 1.807) is 6.07 Å². The standard InChI is InChI=1S/C16H13FN2O2/c17-12-7-11(5-6-13(12)19-16(20)9-18)15-8-10-3-1-2-4-14(10)21-15/h1-8H,9,18H2,(H,19,20). The monoisotopic (exact) mass is 284 g/mol. The van der Waals surface area contributed by atoms with Gasteiger partial charge in [-0.05, 0) is 30.3 Å². The van der Waals surface area contributed by atoms with E-state index in [0.717, 1.165) is 11.0 Å². The molecule has 0 fully saturated rings. The van der Waals surface area contributed by atoms with E-state index in [1.165, 1.54) is 12.1 Å². The Hall–Kier alpha value is -2.66. The number of para-hydroxylation sites is 1. The van der Waals surface area contributed by atoms with Crippen molar-refractivity contribution in [2.75, 3.05) is 11.9 Å². The highest BCUT2D eigenvalue weighted by Gasteiger charge is 2.10. The molecule has 0 bridgehead atoms. The third-order valence-corrected chi connectivity index (χ3v) is 3.14. The number of halogens is 1. The Morgan fingerprint density at radius 1 is 1.19 bits per heavy atom. The number of furan rings is 1. The first-order valence-corrected chi connectivity index (χ1v) is 6.46. The fourth-order valence-corrected chi connectivity index (χ4v) is 2.10. The highest BCUT2D eigenvalue weighted by atomic mass is 19.1. The van der Waals surface area contributed by atoms with E-state index in [-0.39, 0.29) is 12.2 Å². The zero-order valence-electron chi connectivity index (χ0n) is 11.1. The predicted octanol–water partition coefficient (Wildman–Crippen LogP) is 3.14. The molecule has 1 aromatic heterocycles. The molecule has 0 aliphatic rings. The number of nitrogens with one attached hydrogen (secondary N) is 1. The van der Waals surface area contributed by atoms with Gasteiger partial charge >= 0.3 is 0 Å². The molecule has 5 heteroatoms. The van der Waals surface area contributed by atoms with Gasteiger partial charge in [0.2, 0.25) is 5.91 Å². The highest BCUT2D eigenvalue weighted by Crippen LogP contribution is 2.29. The molecule has 0 unspecified atom stereocenters. The van der Waals surface area contributed by atoms with Crippen molar-refractivity contribution in [2.45, 2.75) is 0 Å². The molecule has 0 atom stereocenters. The van der Waals surface area contributed by atoms with Crippen LogP contribution in [-0.4, -0.2) is 12.5 Å². The minimum atomic E-state index is -0.533. The van der Waals surface area contributed by atoms with Crippen molar-refractivity contribution in [1.82, 2.24) is 0 Å². The Labute approximate surface area is 120 Å². The molecule has 2 aromatic carbocycles. The zero-order chi connectivity index (χ0) is 14.8. The summed E-state index contributed by atoms with van der Waals surface area (Å²) < 4.78 is 19.7. The number of rotatable bonds is 3. The summed E-state index contributed by atoms with van der Waals surface area (Å²) in [5.74, 6) is -0.396. The topological polar surface area (TPSA) is 68.3 Å². The van der Waals surface area contributed by atoms with Crippen LogP contribution in [0.2, 0.25) is 0 Å².